The summed E-state index contributed by atoms with van der Waals surface area (Å²) in [7, 11) is 0. The maximum absolute atomic E-state index is 12.9. The highest BCUT2D eigenvalue weighted by atomic mass is 19.4. The second kappa shape index (κ2) is 5.12. The van der Waals surface area contributed by atoms with Crippen LogP contribution < -0.4 is 10.2 Å². The second-order valence-corrected chi connectivity index (χ2v) is 5.30. The number of alkyl halides is 3. The summed E-state index contributed by atoms with van der Waals surface area (Å²) in [4.78, 5) is 5.86. The van der Waals surface area contributed by atoms with Gasteiger partial charge in [0.2, 0.25) is 0 Å². The first-order valence-corrected chi connectivity index (χ1v) is 6.52. The lowest BCUT2D eigenvalue weighted by Gasteiger charge is -2.21. The van der Waals surface area contributed by atoms with Crippen LogP contribution in [0.2, 0.25) is 0 Å². The molecule has 0 amide bonds. The molecule has 1 aliphatic rings. The predicted octanol–water partition coefficient (Wildman–Crippen LogP) is 2.49. The van der Waals surface area contributed by atoms with Gasteiger partial charge in [0.15, 0.2) is 0 Å². The van der Waals surface area contributed by atoms with Crippen LogP contribution in [0.3, 0.4) is 0 Å². The van der Waals surface area contributed by atoms with Gasteiger partial charge in [-0.2, -0.15) is 13.2 Å². The molecule has 0 saturated carbocycles. The molecule has 0 bridgehead atoms. The molecule has 0 aromatic carbocycles. The van der Waals surface area contributed by atoms with Crippen LogP contribution in [-0.2, 0) is 6.18 Å². The zero-order valence-electron chi connectivity index (χ0n) is 11.5. The summed E-state index contributed by atoms with van der Waals surface area (Å²) in [6.07, 6.45) is -3.90. The Morgan fingerprint density at radius 2 is 2.15 bits per heavy atom. The fourth-order valence-electron chi connectivity index (χ4n) is 2.25. The zero-order valence-corrected chi connectivity index (χ0v) is 11.5. The van der Waals surface area contributed by atoms with Crippen LogP contribution in [0.25, 0.3) is 0 Å². The van der Waals surface area contributed by atoms with E-state index in [0.717, 1.165) is 12.1 Å². The molecule has 0 aliphatic carbocycles. The molecule has 112 valence electrons. The number of nitrogens with zero attached hydrogens (tertiary/aromatic N) is 2. The first-order valence-electron chi connectivity index (χ1n) is 6.52. The highest BCUT2D eigenvalue weighted by Crippen LogP contribution is 2.34. The number of hydrogen-bond donors (Lipinski definition) is 2. The van der Waals surface area contributed by atoms with E-state index in [1.165, 1.54) is 0 Å². The number of pyridine rings is 1. The van der Waals surface area contributed by atoms with Gasteiger partial charge in [0.25, 0.3) is 0 Å². The minimum absolute atomic E-state index is 0.198. The normalized spacial score (nSPS) is 23.2. The molecular weight excluding hydrogens is 271 g/mol. The van der Waals surface area contributed by atoms with E-state index in [1.807, 2.05) is 0 Å². The van der Waals surface area contributed by atoms with Crippen molar-refractivity contribution < 1.29 is 18.3 Å². The van der Waals surface area contributed by atoms with Crippen molar-refractivity contribution >= 4 is 11.6 Å². The van der Waals surface area contributed by atoms with E-state index in [1.54, 1.807) is 18.7 Å². The molecule has 1 fully saturated rings. The molecule has 20 heavy (non-hydrogen) atoms. The van der Waals surface area contributed by atoms with Crippen molar-refractivity contribution in [3.8, 4) is 0 Å². The number of hydrogen-bond acceptors (Lipinski definition) is 4. The van der Waals surface area contributed by atoms with Crippen molar-refractivity contribution in [2.75, 3.05) is 29.9 Å². The first kappa shape index (κ1) is 14.9. The number of aromatic nitrogens is 1. The topological polar surface area (TPSA) is 48.4 Å². The predicted molar refractivity (Wildman–Crippen MR) is 70.9 cm³/mol. The van der Waals surface area contributed by atoms with Crippen molar-refractivity contribution in [2.24, 2.45) is 0 Å². The highest BCUT2D eigenvalue weighted by molar-refractivity contribution is 5.52. The number of nitrogens with one attached hydrogen (secondary N) is 1. The Morgan fingerprint density at radius 3 is 2.65 bits per heavy atom. The lowest BCUT2D eigenvalue weighted by molar-refractivity contribution is -0.137. The van der Waals surface area contributed by atoms with E-state index in [4.69, 9.17) is 0 Å². The van der Waals surface area contributed by atoms with Gasteiger partial charge in [0, 0.05) is 19.6 Å². The SMILES string of the molecule is CCNc1cc(C(F)(F)F)cc(N2CCC(C)(O)C2)n1. The van der Waals surface area contributed by atoms with Crippen LogP contribution in [0.5, 0.6) is 0 Å². The molecule has 1 saturated heterocycles. The minimum atomic E-state index is -4.41. The largest absolute Gasteiger partial charge is 0.416 e. The van der Waals surface area contributed by atoms with Gasteiger partial charge in [-0.15, -0.1) is 0 Å². The summed E-state index contributed by atoms with van der Waals surface area (Å²) < 4.78 is 38.7. The Morgan fingerprint density at radius 1 is 1.45 bits per heavy atom. The number of rotatable bonds is 3. The smallest absolute Gasteiger partial charge is 0.388 e. The average Bonchev–Trinajstić information content (AvgIpc) is 2.69. The fraction of sp³-hybridized carbons (Fsp3) is 0.615. The van der Waals surface area contributed by atoms with E-state index < -0.39 is 17.3 Å². The standard InChI is InChI=1S/C13H18F3N3O/c1-3-17-10-6-9(13(14,15)16)7-11(18-10)19-5-4-12(2,20)8-19/h6-7,20H,3-5,8H2,1-2H3,(H,17,18). The maximum Gasteiger partial charge on any atom is 0.416 e. The number of halogens is 3. The van der Waals surface area contributed by atoms with Gasteiger partial charge in [-0.25, -0.2) is 4.98 Å². The van der Waals surface area contributed by atoms with E-state index in [-0.39, 0.29) is 18.2 Å². The Bertz CT molecular complexity index is 488. The summed E-state index contributed by atoms with van der Waals surface area (Å²) in [5, 5.41) is 12.7. The van der Waals surface area contributed by atoms with Crippen LogP contribution in [-0.4, -0.2) is 35.3 Å². The lowest BCUT2D eigenvalue weighted by Crippen LogP contribution is -2.30. The van der Waals surface area contributed by atoms with Crippen LogP contribution in [0, 0.1) is 0 Å². The molecular formula is C13H18F3N3O. The van der Waals surface area contributed by atoms with Gasteiger partial charge in [-0.1, -0.05) is 0 Å². The molecule has 2 N–H and O–H groups in total. The molecule has 0 radical (unpaired) electrons. The summed E-state index contributed by atoms with van der Waals surface area (Å²) in [6.45, 7) is 4.74. The molecule has 1 aromatic rings. The Kier molecular flexibility index (Phi) is 3.82. The van der Waals surface area contributed by atoms with Gasteiger partial charge >= 0.3 is 6.18 Å². The third-order valence-corrected chi connectivity index (χ3v) is 3.27. The average molecular weight is 289 g/mol. The molecule has 1 aliphatic heterocycles. The maximum atomic E-state index is 12.9. The summed E-state index contributed by atoms with van der Waals surface area (Å²) in [6, 6.07) is 2.03. The molecule has 2 rings (SSSR count). The van der Waals surface area contributed by atoms with E-state index in [2.05, 4.69) is 10.3 Å². The number of anilines is 2. The first-order chi connectivity index (χ1) is 9.21. The van der Waals surface area contributed by atoms with Gasteiger partial charge in [-0.05, 0) is 32.4 Å². The summed E-state index contributed by atoms with van der Waals surface area (Å²) in [5.41, 5.74) is -1.61. The fourth-order valence-corrected chi connectivity index (χ4v) is 2.25. The van der Waals surface area contributed by atoms with Crippen LogP contribution >= 0.6 is 0 Å². The van der Waals surface area contributed by atoms with Gasteiger partial charge in [-0.3, -0.25) is 0 Å². The van der Waals surface area contributed by atoms with E-state index >= 15 is 0 Å². The van der Waals surface area contributed by atoms with Gasteiger partial charge < -0.3 is 15.3 Å². The Balaban J connectivity index is 2.35. The highest BCUT2D eigenvalue weighted by Gasteiger charge is 2.35. The van der Waals surface area contributed by atoms with Crippen molar-refractivity contribution in [3.05, 3.63) is 17.7 Å². The number of β-amino-alcohol motifs (C(OH)–C–C–N with tert-alkyl or cyclic N) is 1. The lowest BCUT2D eigenvalue weighted by atomic mass is 10.1. The summed E-state index contributed by atoms with van der Waals surface area (Å²) >= 11 is 0. The van der Waals surface area contributed by atoms with E-state index in [0.29, 0.717) is 19.5 Å². The molecule has 1 atom stereocenters. The third kappa shape index (κ3) is 3.33. The van der Waals surface area contributed by atoms with Gasteiger partial charge in [0.1, 0.15) is 11.6 Å². The third-order valence-electron chi connectivity index (χ3n) is 3.27. The molecule has 1 aromatic heterocycles. The zero-order chi connectivity index (χ0) is 15.0. The molecule has 0 spiro atoms. The molecule has 2 heterocycles. The van der Waals surface area contributed by atoms with Crippen LogP contribution in [0.15, 0.2) is 12.1 Å². The van der Waals surface area contributed by atoms with Crippen molar-refractivity contribution in [3.63, 3.8) is 0 Å². The number of aliphatic hydroxyl groups is 1. The second-order valence-electron chi connectivity index (χ2n) is 5.30. The molecule has 7 heteroatoms. The Labute approximate surface area is 115 Å². The van der Waals surface area contributed by atoms with Crippen molar-refractivity contribution in [1.29, 1.82) is 0 Å². The van der Waals surface area contributed by atoms with Gasteiger partial charge in [0.05, 0.1) is 11.2 Å². The van der Waals surface area contributed by atoms with Crippen LogP contribution in [0.4, 0.5) is 24.8 Å². The quantitative estimate of drug-likeness (QED) is 0.897. The molecule has 4 nitrogen and oxygen atoms in total. The summed E-state index contributed by atoms with van der Waals surface area (Å²) in [5.74, 6) is 0.442. The Hall–Kier alpha value is -1.50. The monoisotopic (exact) mass is 289 g/mol. The van der Waals surface area contributed by atoms with Crippen molar-refractivity contribution in [2.45, 2.75) is 32.0 Å². The van der Waals surface area contributed by atoms with Crippen LogP contribution in [0.1, 0.15) is 25.8 Å². The van der Waals surface area contributed by atoms with E-state index in [9.17, 15) is 18.3 Å². The minimum Gasteiger partial charge on any atom is -0.388 e. The molecule has 1 unspecified atom stereocenters. The van der Waals surface area contributed by atoms with Crippen molar-refractivity contribution in [1.82, 2.24) is 4.98 Å².